The Hall–Kier alpha value is -3.33. The van der Waals surface area contributed by atoms with Crippen LogP contribution in [0.4, 0.5) is 11.6 Å². The zero-order valence-corrected chi connectivity index (χ0v) is 17.5. The molecule has 0 aliphatic rings. The fraction of sp³-hybridized carbons (Fsp3) is 0.381. The molecular formula is C21H27N5O4. The molecule has 160 valence electrons. The van der Waals surface area contributed by atoms with E-state index in [0.29, 0.717) is 29.5 Å². The molecule has 9 nitrogen and oxygen atoms in total. The van der Waals surface area contributed by atoms with Crippen molar-refractivity contribution in [1.82, 2.24) is 9.97 Å². The summed E-state index contributed by atoms with van der Waals surface area (Å²) in [4.78, 5) is 44.4. The number of anilines is 2. The molecule has 0 saturated heterocycles. The van der Waals surface area contributed by atoms with E-state index in [1.807, 2.05) is 13.8 Å². The monoisotopic (exact) mass is 413 g/mol. The van der Waals surface area contributed by atoms with E-state index in [0.717, 1.165) is 0 Å². The third-order valence-electron chi connectivity index (χ3n) is 4.42. The molecule has 2 heterocycles. The summed E-state index contributed by atoms with van der Waals surface area (Å²) in [6, 6.07) is 9.34. The number of nitrogens with two attached hydrogens (primary N) is 1. The molecule has 0 saturated carbocycles. The van der Waals surface area contributed by atoms with E-state index in [1.54, 1.807) is 36.4 Å². The first-order chi connectivity index (χ1) is 14.0. The standard InChI is InChI=1S/C21H27N5O4/c1-12(2)11-13(22)18(27)25-16-9-5-7-14(23-16)15-8-6-10-17(24-15)26-19(28)21(3,4)20(29)30/h5-10,12-13H,11,22H2,1-4H3,(H,29,30)(H,23,25,27)(H,24,26,28)/t13-/m0/s1. The Morgan fingerprint density at radius 3 is 1.97 bits per heavy atom. The fourth-order valence-electron chi connectivity index (χ4n) is 2.50. The van der Waals surface area contributed by atoms with E-state index >= 15 is 0 Å². The van der Waals surface area contributed by atoms with Gasteiger partial charge in [0, 0.05) is 0 Å². The number of hydrogen-bond donors (Lipinski definition) is 4. The molecule has 2 amide bonds. The number of aliphatic carboxylic acids is 1. The lowest BCUT2D eigenvalue weighted by molar-refractivity contribution is -0.151. The quantitative estimate of drug-likeness (QED) is 0.486. The van der Waals surface area contributed by atoms with Crippen LogP contribution in [0.15, 0.2) is 36.4 Å². The van der Waals surface area contributed by atoms with Crippen molar-refractivity contribution in [2.75, 3.05) is 10.6 Å². The van der Waals surface area contributed by atoms with Crippen LogP contribution in [0.3, 0.4) is 0 Å². The van der Waals surface area contributed by atoms with E-state index in [2.05, 4.69) is 20.6 Å². The number of hydrogen-bond acceptors (Lipinski definition) is 6. The van der Waals surface area contributed by atoms with Gasteiger partial charge in [0.1, 0.15) is 17.1 Å². The Bertz CT molecular complexity index is 942. The molecule has 0 bridgehead atoms. The first kappa shape index (κ1) is 23.0. The molecule has 9 heteroatoms. The minimum atomic E-state index is -1.60. The number of nitrogens with zero attached hydrogens (tertiary/aromatic N) is 2. The van der Waals surface area contributed by atoms with Crippen LogP contribution in [-0.2, 0) is 14.4 Å². The minimum Gasteiger partial charge on any atom is -0.480 e. The molecule has 0 fully saturated rings. The number of carboxylic acid groups (broad SMARTS) is 1. The fourth-order valence-corrected chi connectivity index (χ4v) is 2.50. The van der Waals surface area contributed by atoms with E-state index in [-0.39, 0.29) is 11.7 Å². The first-order valence-electron chi connectivity index (χ1n) is 9.56. The zero-order chi connectivity index (χ0) is 22.5. The number of carboxylic acids is 1. The van der Waals surface area contributed by atoms with Gasteiger partial charge >= 0.3 is 5.97 Å². The molecule has 0 aliphatic carbocycles. The topological polar surface area (TPSA) is 147 Å². The highest BCUT2D eigenvalue weighted by Crippen LogP contribution is 2.21. The average Bonchev–Trinajstić information content (AvgIpc) is 2.67. The molecule has 0 spiro atoms. The Morgan fingerprint density at radius 1 is 1.00 bits per heavy atom. The van der Waals surface area contributed by atoms with Crippen LogP contribution in [-0.4, -0.2) is 38.9 Å². The molecule has 30 heavy (non-hydrogen) atoms. The molecule has 2 rings (SSSR count). The van der Waals surface area contributed by atoms with Gasteiger partial charge in [-0.2, -0.15) is 0 Å². The van der Waals surface area contributed by atoms with Gasteiger partial charge in [0.25, 0.3) is 0 Å². The third kappa shape index (κ3) is 5.84. The predicted octanol–water partition coefficient (Wildman–Crippen LogP) is 2.50. The Kier molecular flexibility index (Phi) is 7.23. The van der Waals surface area contributed by atoms with Crippen molar-refractivity contribution in [2.45, 2.75) is 40.2 Å². The van der Waals surface area contributed by atoms with Crippen LogP contribution < -0.4 is 16.4 Å². The van der Waals surface area contributed by atoms with Gasteiger partial charge in [-0.25, -0.2) is 9.97 Å². The number of aromatic nitrogens is 2. The van der Waals surface area contributed by atoms with E-state index in [9.17, 15) is 19.5 Å². The highest BCUT2D eigenvalue weighted by atomic mass is 16.4. The predicted molar refractivity (Wildman–Crippen MR) is 114 cm³/mol. The molecule has 5 N–H and O–H groups in total. The van der Waals surface area contributed by atoms with Crippen molar-refractivity contribution < 1.29 is 19.5 Å². The second-order valence-electron chi connectivity index (χ2n) is 7.93. The van der Waals surface area contributed by atoms with Crippen molar-refractivity contribution in [3.05, 3.63) is 36.4 Å². The first-order valence-corrected chi connectivity index (χ1v) is 9.56. The summed E-state index contributed by atoms with van der Waals surface area (Å²) in [5, 5.41) is 14.4. The maximum atomic E-state index is 12.2. The van der Waals surface area contributed by atoms with Gasteiger partial charge in [0.15, 0.2) is 0 Å². The highest BCUT2D eigenvalue weighted by molar-refractivity contribution is 6.07. The zero-order valence-electron chi connectivity index (χ0n) is 17.5. The molecule has 0 radical (unpaired) electrons. The Morgan fingerprint density at radius 2 is 1.50 bits per heavy atom. The summed E-state index contributed by atoms with van der Waals surface area (Å²) in [7, 11) is 0. The average molecular weight is 413 g/mol. The Labute approximate surface area is 175 Å². The number of amides is 2. The van der Waals surface area contributed by atoms with Gasteiger partial charge in [-0.15, -0.1) is 0 Å². The SMILES string of the molecule is CC(C)C[C@H](N)C(=O)Nc1cccc(-c2cccc(NC(=O)C(C)(C)C(=O)O)n2)n1. The van der Waals surface area contributed by atoms with Crippen LogP contribution in [0.2, 0.25) is 0 Å². The summed E-state index contributed by atoms with van der Waals surface area (Å²) in [6.45, 7) is 6.60. The van der Waals surface area contributed by atoms with Gasteiger partial charge in [-0.1, -0.05) is 26.0 Å². The molecule has 0 aliphatic heterocycles. The van der Waals surface area contributed by atoms with Gasteiger partial charge < -0.3 is 21.5 Å². The number of rotatable bonds is 8. The van der Waals surface area contributed by atoms with Crippen LogP contribution in [0, 0.1) is 11.3 Å². The van der Waals surface area contributed by atoms with E-state index in [4.69, 9.17) is 5.73 Å². The van der Waals surface area contributed by atoms with Crippen molar-refractivity contribution in [2.24, 2.45) is 17.1 Å². The number of carbonyl (C=O) groups is 3. The molecular weight excluding hydrogens is 386 g/mol. The van der Waals surface area contributed by atoms with Crippen LogP contribution in [0.1, 0.15) is 34.1 Å². The normalized spacial score (nSPS) is 12.3. The number of pyridine rings is 2. The van der Waals surface area contributed by atoms with Crippen LogP contribution in [0.5, 0.6) is 0 Å². The van der Waals surface area contributed by atoms with Gasteiger partial charge in [-0.3, -0.25) is 14.4 Å². The summed E-state index contributed by atoms with van der Waals surface area (Å²) in [5.74, 6) is -1.43. The molecule has 0 aromatic carbocycles. The lowest BCUT2D eigenvalue weighted by Crippen LogP contribution is -2.38. The summed E-state index contributed by atoms with van der Waals surface area (Å²) < 4.78 is 0. The molecule has 2 aromatic heterocycles. The van der Waals surface area contributed by atoms with Crippen molar-refractivity contribution >= 4 is 29.4 Å². The maximum absolute atomic E-state index is 12.2. The van der Waals surface area contributed by atoms with Crippen LogP contribution >= 0.6 is 0 Å². The number of carbonyl (C=O) groups excluding carboxylic acids is 2. The molecule has 0 unspecified atom stereocenters. The van der Waals surface area contributed by atoms with Gasteiger partial charge in [-0.05, 0) is 50.5 Å². The largest absolute Gasteiger partial charge is 0.480 e. The summed E-state index contributed by atoms with van der Waals surface area (Å²) in [5.41, 5.74) is 5.22. The number of nitrogens with one attached hydrogen (secondary N) is 2. The minimum absolute atomic E-state index is 0.196. The molecule has 2 aromatic rings. The highest BCUT2D eigenvalue weighted by Gasteiger charge is 2.36. The van der Waals surface area contributed by atoms with Crippen molar-refractivity contribution in [1.29, 1.82) is 0 Å². The second kappa shape index (κ2) is 9.45. The smallest absolute Gasteiger partial charge is 0.318 e. The van der Waals surface area contributed by atoms with Gasteiger partial charge in [0.05, 0.1) is 17.4 Å². The third-order valence-corrected chi connectivity index (χ3v) is 4.42. The lowest BCUT2D eigenvalue weighted by Gasteiger charge is -2.18. The van der Waals surface area contributed by atoms with Gasteiger partial charge in [0.2, 0.25) is 11.8 Å². The maximum Gasteiger partial charge on any atom is 0.318 e. The lowest BCUT2D eigenvalue weighted by atomic mass is 9.93. The summed E-state index contributed by atoms with van der Waals surface area (Å²) in [6.07, 6.45) is 0.557. The van der Waals surface area contributed by atoms with E-state index in [1.165, 1.54) is 13.8 Å². The second-order valence-corrected chi connectivity index (χ2v) is 7.93. The van der Waals surface area contributed by atoms with Crippen LogP contribution in [0.25, 0.3) is 11.4 Å². The van der Waals surface area contributed by atoms with Crippen molar-refractivity contribution in [3.63, 3.8) is 0 Å². The Balaban J connectivity index is 2.18. The molecule has 1 atom stereocenters. The summed E-state index contributed by atoms with van der Waals surface area (Å²) >= 11 is 0. The van der Waals surface area contributed by atoms with Crippen molar-refractivity contribution in [3.8, 4) is 11.4 Å². The van der Waals surface area contributed by atoms with E-state index < -0.39 is 23.3 Å².